The second-order valence-electron chi connectivity index (χ2n) is 4.30. The van der Waals surface area contributed by atoms with Crippen LogP contribution in [0.3, 0.4) is 0 Å². The first-order valence-electron chi connectivity index (χ1n) is 5.99. The van der Waals surface area contributed by atoms with E-state index in [1.54, 1.807) is 0 Å². The molecule has 0 saturated heterocycles. The Bertz CT molecular complexity index is 810. The largest absolute Gasteiger partial charge is 0.315 e. The highest BCUT2D eigenvalue weighted by Gasteiger charge is 2.25. The van der Waals surface area contributed by atoms with Crippen LogP contribution in [0.5, 0.6) is 0 Å². The van der Waals surface area contributed by atoms with E-state index in [0.29, 0.717) is 6.07 Å². The molecule has 0 aromatic heterocycles. The topological polar surface area (TPSA) is 115 Å². The van der Waals surface area contributed by atoms with E-state index in [1.807, 2.05) is 0 Å². The zero-order valence-corrected chi connectivity index (χ0v) is 11.9. The van der Waals surface area contributed by atoms with Gasteiger partial charge < -0.3 is 5.32 Å². The Morgan fingerprint density at radius 1 is 1.09 bits per heavy atom. The number of hydrogen-bond donors (Lipinski definition) is 1. The minimum atomic E-state index is -0.904. The van der Waals surface area contributed by atoms with Crippen molar-refractivity contribution >= 4 is 34.6 Å². The maximum absolute atomic E-state index is 12.8. The van der Waals surface area contributed by atoms with Crippen molar-refractivity contribution in [3.8, 4) is 0 Å². The van der Waals surface area contributed by atoms with Gasteiger partial charge in [0.15, 0.2) is 0 Å². The molecule has 118 valence electrons. The lowest BCUT2D eigenvalue weighted by molar-refractivity contribution is -0.393. The van der Waals surface area contributed by atoms with Gasteiger partial charge in [0.2, 0.25) is 0 Å². The molecule has 10 heteroatoms. The average molecular weight is 340 g/mol. The molecule has 1 amide bonds. The molecule has 2 rings (SSSR count). The van der Waals surface area contributed by atoms with Crippen molar-refractivity contribution in [1.29, 1.82) is 0 Å². The van der Waals surface area contributed by atoms with Crippen LogP contribution < -0.4 is 5.32 Å². The molecule has 0 saturated carbocycles. The summed E-state index contributed by atoms with van der Waals surface area (Å²) in [4.78, 5) is 32.0. The minimum absolute atomic E-state index is 0.0371. The van der Waals surface area contributed by atoms with Gasteiger partial charge in [0.1, 0.15) is 11.5 Å². The zero-order chi connectivity index (χ0) is 17.1. The van der Waals surface area contributed by atoms with Crippen molar-refractivity contribution in [2.45, 2.75) is 0 Å². The molecular weight excluding hydrogens is 333 g/mol. The molecule has 0 atom stereocenters. The number of nitrogens with zero attached hydrogens (tertiary/aromatic N) is 2. The van der Waals surface area contributed by atoms with Crippen LogP contribution in [0.25, 0.3) is 0 Å². The minimum Gasteiger partial charge on any atom is -0.315 e. The smallest absolute Gasteiger partial charge is 0.301 e. The number of amides is 1. The van der Waals surface area contributed by atoms with Crippen molar-refractivity contribution in [3.63, 3.8) is 0 Å². The summed E-state index contributed by atoms with van der Waals surface area (Å²) in [7, 11) is 0. The van der Waals surface area contributed by atoms with Crippen molar-refractivity contribution in [3.05, 3.63) is 73.0 Å². The molecule has 23 heavy (non-hydrogen) atoms. The summed E-state index contributed by atoms with van der Waals surface area (Å²) in [5, 5.41) is 23.6. The second-order valence-corrected chi connectivity index (χ2v) is 4.70. The fourth-order valence-corrected chi connectivity index (χ4v) is 1.99. The van der Waals surface area contributed by atoms with Crippen molar-refractivity contribution in [1.82, 2.24) is 0 Å². The highest BCUT2D eigenvalue weighted by molar-refractivity contribution is 6.34. The Hall–Kier alpha value is -3.07. The molecule has 0 aliphatic rings. The van der Waals surface area contributed by atoms with Crippen LogP contribution in [0.4, 0.5) is 21.5 Å². The highest BCUT2D eigenvalue weighted by atomic mass is 35.5. The molecule has 0 heterocycles. The van der Waals surface area contributed by atoms with E-state index in [1.165, 1.54) is 12.1 Å². The molecule has 0 aliphatic carbocycles. The Morgan fingerprint density at radius 3 is 2.22 bits per heavy atom. The lowest BCUT2D eigenvalue weighted by atomic mass is 10.2. The van der Waals surface area contributed by atoms with E-state index in [2.05, 4.69) is 5.32 Å². The number of anilines is 1. The molecule has 2 aromatic carbocycles. The predicted octanol–water partition coefficient (Wildman–Crippen LogP) is 3.55. The summed E-state index contributed by atoms with van der Waals surface area (Å²) in [5.74, 6) is -1.33. The summed E-state index contributed by atoms with van der Waals surface area (Å²) in [6.45, 7) is 0. The number of nitrogens with one attached hydrogen (secondary N) is 1. The molecular formula is C13H7ClFN3O5. The maximum Gasteiger partial charge on any atom is 0.301 e. The fraction of sp³-hybridized carbons (Fsp3) is 0. The maximum atomic E-state index is 12.8. The number of nitro benzene ring substituents is 2. The third kappa shape index (κ3) is 3.58. The van der Waals surface area contributed by atoms with Gasteiger partial charge in [-0.1, -0.05) is 11.6 Å². The quantitative estimate of drug-likeness (QED) is 0.675. The molecule has 2 aromatic rings. The highest BCUT2D eigenvalue weighted by Crippen LogP contribution is 2.36. The van der Waals surface area contributed by atoms with Crippen LogP contribution >= 0.6 is 11.6 Å². The summed E-state index contributed by atoms with van der Waals surface area (Å²) in [6, 6.07) is 6.01. The Labute approximate surface area is 132 Å². The van der Waals surface area contributed by atoms with E-state index >= 15 is 0 Å². The lowest BCUT2D eigenvalue weighted by Gasteiger charge is -2.08. The molecule has 0 spiro atoms. The first-order chi connectivity index (χ1) is 10.8. The number of non-ortho nitro benzene ring substituents is 1. The van der Waals surface area contributed by atoms with Gasteiger partial charge in [0, 0.05) is 11.6 Å². The van der Waals surface area contributed by atoms with E-state index in [-0.39, 0.29) is 16.3 Å². The van der Waals surface area contributed by atoms with Gasteiger partial charge in [-0.15, -0.1) is 0 Å². The van der Waals surface area contributed by atoms with Gasteiger partial charge in [-0.25, -0.2) is 4.39 Å². The normalized spacial score (nSPS) is 10.2. The first-order valence-corrected chi connectivity index (χ1v) is 6.36. The summed E-state index contributed by atoms with van der Waals surface area (Å²) >= 11 is 5.80. The predicted molar refractivity (Wildman–Crippen MR) is 79.1 cm³/mol. The number of nitro groups is 2. The number of rotatable bonds is 4. The van der Waals surface area contributed by atoms with Crippen LogP contribution in [-0.4, -0.2) is 15.8 Å². The van der Waals surface area contributed by atoms with Gasteiger partial charge in [0.05, 0.1) is 20.9 Å². The third-order valence-corrected chi connectivity index (χ3v) is 3.10. The molecule has 8 nitrogen and oxygen atoms in total. The van der Waals surface area contributed by atoms with Gasteiger partial charge in [-0.05, 0) is 24.3 Å². The van der Waals surface area contributed by atoms with E-state index in [9.17, 15) is 29.4 Å². The third-order valence-electron chi connectivity index (χ3n) is 2.81. The lowest BCUT2D eigenvalue weighted by Crippen LogP contribution is -2.13. The zero-order valence-electron chi connectivity index (χ0n) is 11.2. The standard InChI is InChI=1S/C13H7ClFN3O5/c14-10-5-9(17(20)21)6-11(18(22)23)12(10)16-13(19)7-1-3-8(15)4-2-7/h1-6H,(H,16,19). The van der Waals surface area contributed by atoms with Crippen LogP contribution in [-0.2, 0) is 0 Å². The van der Waals surface area contributed by atoms with Crippen molar-refractivity contribution < 1.29 is 19.0 Å². The van der Waals surface area contributed by atoms with Crippen LogP contribution in [0, 0.1) is 26.0 Å². The van der Waals surface area contributed by atoms with Gasteiger partial charge >= 0.3 is 5.69 Å². The van der Waals surface area contributed by atoms with E-state index in [0.717, 1.165) is 18.2 Å². The second kappa shape index (κ2) is 6.36. The average Bonchev–Trinajstić information content (AvgIpc) is 2.49. The van der Waals surface area contributed by atoms with Crippen molar-refractivity contribution in [2.24, 2.45) is 0 Å². The number of hydrogen-bond acceptors (Lipinski definition) is 5. The van der Waals surface area contributed by atoms with Gasteiger partial charge in [0.25, 0.3) is 11.6 Å². The Balaban J connectivity index is 2.42. The molecule has 0 unspecified atom stereocenters. The fourth-order valence-electron chi connectivity index (χ4n) is 1.74. The molecule has 0 radical (unpaired) electrons. The molecule has 1 N–H and O–H groups in total. The molecule has 0 bridgehead atoms. The van der Waals surface area contributed by atoms with Gasteiger partial charge in [-0.3, -0.25) is 25.0 Å². The van der Waals surface area contributed by atoms with E-state index < -0.39 is 32.9 Å². The van der Waals surface area contributed by atoms with Crippen LogP contribution in [0.15, 0.2) is 36.4 Å². The molecule has 0 aliphatic heterocycles. The first kappa shape index (κ1) is 16.3. The van der Waals surface area contributed by atoms with Crippen molar-refractivity contribution in [2.75, 3.05) is 5.32 Å². The number of carbonyl (C=O) groups is 1. The number of halogens is 2. The summed E-state index contributed by atoms with van der Waals surface area (Å²) in [6.07, 6.45) is 0. The summed E-state index contributed by atoms with van der Waals surface area (Å²) < 4.78 is 12.8. The molecule has 0 fully saturated rings. The Morgan fingerprint density at radius 2 is 1.70 bits per heavy atom. The van der Waals surface area contributed by atoms with Crippen LogP contribution in [0.1, 0.15) is 10.4 Å². The SMILES string of the molecule is O=C(Nc1c(Cl)cc([N+](=O)[O-])cc1[N+](=O)[O-])c1ccc(F)cc1. The van der Waals surface area contributed by atoms with E-state index in [4.69, 9.17) is 11.6 Å². The number of carbonyl (C=O) groups excluding carboxylic acids is 1. The Kier molecular flexibility index (Phi) is 4.51. The van der Waals surface area contributed by atoms with Crippen LogP contribution in [0.2, 0.25) is 5.02 Å². The monoisotopic (exact) mass is 339 g/mol. The van der Waals surface area contributed by atoms with Gasteiger partial charge in [-0.2, -0.15) is 0 Å². The number of benzene rings is 2. The summed E-state index contributed by atoms with van der Waals surface area (Å²) in [5.41, 5.74) is -1.65.